The van der Waals surface area contributed by atoms with Crippen LogP contribution in [0.15, 0.2) is 18.2 Å². The van der Waals surface area contributed by atoms with Gasteiger partial charge in [-0.25, -0.2) is 0 Å². The summed E-state index contributed by atoms with van der Waals surface area (Å²) in [6.07, 6.45) is 3.31. The van der Waals surface area contributed by atoms with Crippen molar-refractivity contribution in [1.82, 2.24) is 4.90 Å². The quantitative estimate of drug-likeness (QED) is 0.889. The molecule has 0 saturated carbocycles. The molecule has 3 heteroatoms. The van der Waals surface area contributed by atoms with Crippen molar-refractivity contribution in [2.24, 2.45) is 5.73 Å². The fourth-order valence-corrected chi connectivity index (χ4v) is 2.72. The second kappa shape index (κ2) is 5.72. The van der Waals surface area contributed by atoms with E-state index in [4.69, 9.17) is 10.5 Å². The number of nitrogens with two attached hydrogens (primary N) is 1. The zero-order valence-corrected chi connectivity index (χ0v) is 11.6. The normalized spacial score (nSPS) is 21.4. The Morgan fingerprint density at radius 3 is 2.94 bits per heavy atom. The molecule has 2 N–H and O–H groups in total. The summed E-state index contributed by atoms with van der Waals surface area (Å²) in [5.74, 6) is 0.954. The molecule has 1 aromatic carbocycles. The lowest BCUT2D eigenvalue weighted by molar-refractivity contribution is 0.213. The fourth-order valence-electron chi connectivity index (χ4n) is 2.72. The summed E-state index contributed by atoms with van der Waals surface area (Å²) in [6.45, 7) is 3.21. The molecule has 2 unspecified atom stereocenters. The topological polar surface area (TPSA) is 38.5 Å². The highest BCUT2D eigenvalue weighted by molar-refractivity contribution is 5.39. The molecule has 2 atom stereocenters. The smallest absolute Gasteiger partial charge is 0.119 e. The number of benzene rings is 1. The van der Waals surface area contributed by atoms with Crippen molar-refractivity contribution in [2.75, 3.05) is 20.7 Å². The van der Waals surface area contributed by atoms with Crippen molar-refractivity contribution in [1.29, 1.82) is 0 Å². The SMILES string of the molecule is COc1ccc2c(c1)C(CCC(C)N)N(C)CC2. The van der Waals surface area contributed by atoms with Crippen molar-refractivity contribution in [3.63, 3.8) is 0 Å². The van der Waals surface area contributed by atoms with Gasteiger partial charge in [-0.3, -0.25) is 4.90 Å². The molecular weight excluding hydrogens is 224 g/mol. The van der Waals surface area contributed by atoms with Crippen LogP contribution in [0, 0.1) is 0 Å². The molecule has 0 aromatic heterocycles. The van der Waals surface area contributed by atoms with Crippen molar-refractivity contribution in [3.8, 4) is 5.75 Å². The van der Waals surface area contributed by atoms with Crippen LogP contribution >= 0.6 is 0 Å². The zero-order chi connectivity index (χ0) is 13.1. The molecular formula is C15H24N2O. The van der Waals surface area contributed by atoms with Crippen molar-refractivity contribution >= 4 is 0 Å². The van der Waals surface area contributed by atoms with Gasteiger partial charge in [0.05, 0.1) is 7.11 Å². The average molecular weight is 248 g/mol. The van der Waals surface area contributed by atoms with E-state index < -0.39 is 0 Å². The Hall–Kier alpha value is -1.06. The van der Waals surface area contributed by atoms with Gasteiger partial charge in [0.25, 0.3) is 0 Å². The fraction of sp³-hybridized carbons (Fsp3) is 0.600. The van der Waals surface area contributed by atoms with E-state index in [0.717, 1.165) is 31.6 Å². The van der Waals surface area contributed by atoms with Crippen LogP contribution in [-0.2, 0) is 6.42 Å². The average Bonchev–Trinajstić information content (AvgIpc) is 2.36. The number of nitrogens with zero attached hydrogens (tertiary/aromatic N) is 1. The number of fused-ring (bicyclic) bond motifs is 1. The van der Waals surface area contributed by atoms with Crippen LogP contribution in [0.25, 0.3) is 0 Å². The standard InChI is InChI=1S/C15H24N2O/c1-11(16)4-7-15-14-10-13(18-3)6-5-12(14)8-9-17(15)2/h5-6,10-11,15H,4,7-9,16H2,1-3H3. The zero-order valence-electron chi connectivity index (χ0n) is 11.6. The molecule has 0 bridgehead atoms. The molecule has 0 saturated heterocycles. The lowest BCUT2D eigenvalue weighted by Crippen LogP contribution is -2.33. The third-order valence-corrected chi connectivity index (χ3v) is 3.87. The minimum Gasteiger partial charge on any atom is -0.497 e. The summed E-state index contributed by atoms with van der Waals surface area (Å²) >= 11 is 0. The highest BCUT2D eigenvalue weighted by Crippen LogP contribution is 2.34. The van der Waals surface area contributed by atoms with Gasteiger partial charge >= 0.3 is 0 Å². The number of likely N-dealkylation sites (N-methyl/N-ethyl adjacent to an activating group) is 1. The minimum atomic E-state index is 0.273. The number of rotatable bonds is 4. The van der Waals surface area contributed by atoms with Crippen LogP contribution in [0.2, 0.25) is 0 Å². The van der Waals surface area contributed by atoms with Gasteiger partial charge in [0.1, 0.15) is 5.75 Å². The van der Waals surface area contributed by atoms with E-state index in [0.29, 0.717) is 6.04 Å². The first-order valence-electron chi connectivity index (χ1n) is 6.74. The highest BCUT2D eigenvalue weighted by atomic mass is 16.5. The van der Waals surface area contributed by atoms with E-state index in [-0.39, 0.29) is 6.04 Å². The largest absolute Gasteiger partial charge is 0.497 e. The Balaban J connectivity index is 2.24. The molecule has 0 radical (unpaired) electrons. The number of hydrogen-bond acceptors (Lipinski definition) is 3. The summed E-state index contributed by atoms with van der Waals surface area (Å²) in [4.78, 5) is 2.43. The van der Waals surface area contributed by atoms with E-state index in [1.165, 1.54) is 11.1 Å². The molecule has 2 rings (SSSR count). The van der Waals surface area contributed by atoms with Gasteiger partial charge in [-0.1, -0.05) is 6.07 Å². The third kappa shape index (κ3) is 2.85. The lowest BCUT2D eigenvalue weighted by Gasteiger charge is -2.35. The van der Waals surface area contributed by atoms with E-state index >= 15 is 0 Å². The molecule has 1 heterocycles. The van der Waals surface area contributed by atoms with Crippen molar-refractivity contribution in [3.05, 3.63) is 29.3 Å². The van der Waals surface area contributed by atoms with Gasteiger partial charge in [0, 0.05) is 18.6 Å². The van der Waals surface area contributed by atoms with Crippen LogP contribution < -0.4 is 10.5 Å². The van der Waals surface area contributed by atoms with Crippen LogP contribution in [-0.4, -0.2) is 31.6 Å². The second-order valence-electron chi connectivity index (χ2n) is 5.37. The van der Waals surface area contributed by atoms with E-state index in [2.05, 4.69) is 37.1 Å². The first kappa shape index (κ1) is 13.4. The first-order valence-corrected chi connectivity index (χ1v) is 6.74. The molecule has 1 aromatic rings. The molecule has 0 aliphatic carbocycles. The second-order valence-corrected chi connectivity index (χ2v) is 5.37. The Kier molecular flexibility index (Phi) is 4.25. The lowest BCUT2D eigenvalue weighted by atomic mass is 9.89. The summed E-state index contributed by atoms with van der Waals surface area (Å²) in [5, 5.41) is 0. The van der Waals surface area contributed by atoms with Gasteiger partial charge in [0.2, 0.25) is 0 Å². The van der Waals surface area contributed by atoms with Gasteiger partial charge in [-0.15, -0.1) is 0 Å². The Morgan fingerprint density at radius 1 is 1.50 bits per heavy atom. The predicted molar refractivity (Wildman–Crippen MR) is 75.0 cm³/mol. The molecule has 0 amide bonds. The summed E-state index contributed by atoms with van der Waals surface area (Å²) in [5.41, 5.74) is 8.77. The van der Waals surface area contributed by atoms with Crippen LogP contribution in [0.3, 0.4) is 0 Å². The summed E-state index contributed by atoms with van der Waals surface area (Å²) in [6, 6.07) is 7.22. The monoisotopic (exact) mass is 248 g/mol. The van der Waals surface area contributed by atoms with E-state index in [1.54, 1.807) is 7.11 Å². The molecule has 0 fully saturated rings. The van der Waals surface area contributed by atoms with Crippen LogP contribution in [0.4, 0.5) is 0 Å². The molecule has 100 valence electrons. The summed E-state index contributed by atoms with van der Waals surface area (Å²) in [7, 11) is 3.93. The van der Waals surface area contributed by atoms with Gasteiger partial charge in [0.15, 0.2) is 0 Å². The number of methoxy groups -OCH3 is 1. The van der Waals surface area contributed by atoms with Crippen molar-refractivity contribution < 1.29 is 4.74 Å². The number of ether oxygens (including phenoxy) is 1. The molecule has 18 heavy (non-hydrogen) atoms. The maximum atomic E-state index is 5.89. The molecule has 0 spiro atoms. The number of hydrogen-bond donors (Lipinski definition) is 1. The Labute approximate surface area is 110 Å². The van der Waals surface area contributed by atoms with Crippen LogP contribution in [0.5, 0.6) is 5.75 Å². The maximum absolute atomic E-state index is 5.89. The van der Waals surface area contributed by atoms with E-state index in [1.807, 2.05) is 0 Å². The first-order chi connectivity index (χ1) is 8.61. The predicted octanol–water partition coefficient (Wildman–Crippen LogP) is 2.35. The van der Waals surface area contributed by atoms with Crippen molar-refractivity contribution in [2.45, 2.75) is 38.3 Å². The molecule has 1 aliphatic heterocycles. The van der Waals surface area contributed by atoms with Gasteiger partial charge in [-0.05, 0) is 56.5 Å². The molecule has 3 nitrogen and oxygen atoms in total. The van der Waals surface area contributed by atoms with Crippen LogP contribution in [0.1, 0.15) is 36.9 Å². The Bertz CT molecular complexity index is 403. The van der Waals surface area contributed by atoms with Gasteiger partial charge in [-0.2, -0.15) is 0 Å². The maximum Gasteiger partial charge on any atom is 0.119 e. The third-order valence-electron chi connectivity index (χ3n) is 3.87. The van der Waals surface area contributed by atoms with E-state index in [9.17, 15) is 0 Å². The van der Waals surface area contributed by atoms with Gasteiger partial charge < -0.3 is 10.5 Å². The molecule has 1 aliphatic rings. The Morgan fingerprint density at radius 2 is 2.28 bits per heavy atom. The summed E-state index contributed by atoms with van der Waals surface area (Å²) < 4.78 is 5.35. The highest BCUT2D eigenvalue weighted by Gasteiger charge is 2.25. The minimum absolute atomic E-state index is 0.273.